The molecule has 0 aliphatic carbocycles. The second kappa shape index (κ2) is 7.89. The molecule has 1 fully saturated rings. The van der Waals surface area contributed by atoms with E-state index in [1.54, 1.807) is 17.3 Å². The molecule has 4 nitrogen and oxygen atoms in total. The van der Waals surface area contributed by atoms with Gasteiger partial charge in [0, 0.05) is 45.1 Å². The van der Waals surface area contributed by atoms with Crippen LogP contribution in [0, 0.1) is 11.6 Å². The lowest BCUT2D eigenvalue weighted by Crippen LogP contribution is -2.35. The lowest BCUT2D eigenvalue weighted by atomic mass is 10.1. The largest absolute Gasteiger partial charge is 0.337 e. The molecule has 2 heterocycles. The molecule has 0 saturated carbocycles. The lowest BCUT2D eigenvalue weighted by molar-refractivity contribution is 0.0760. The molecule has 3 rings (SSSR count). The fraction of sp³-hybridized carbons (Fsp3) is 0.333. The third-order valence-electron chi connectivity index (χ3n) is 4.27. The van der Waals surface area contributed by atoms with Gasteiger partial charge in [-0.3, -0.25) is 14.7 Å². The van der Waals surface area contributed by atoms with Crippen LogP contribution in [0.1, 0.15) is 22.3 Å². The summed E-state index contributed by atoms with van der Waals surface area (Å²) in [5.41, 5.74) is 1.17. The number of aromatic nitrogens is 1. The first-order valence-corrected chi connectivity index (χ1v) is 8.47. The summed E-state index contributed by atoms with van der Waals surface area (Å²) in [6.07, 6.45) is 4.32. The van der Waals surface area contributed by atoms with Gasteiger partial charge in [-0.15, -0.1) is 0 Å². The summed E-state index contributed by atoms with van der Waals surface area (Å²) in [5, 5.41) is -0.0678. The van der Waals surface area contributed by atoms with Crippen LogP contribution in [0.3, 0.4) is 0 Å². The second-order valence-corrected chi connectivity index (χ2v) is 6.43. The Morgan fingerprint density at radius 3 is 2.56 bits per heavy atom. The van der Waals surface area contributed by atoms with E-state index in [2.05, 4.69) is 9.88 Å². The van der Waals surface area contributed by atoms with Gasteiger partial charge in [0.25, 0.3) is 5.91 Å². The summed E-state index contributed by atoms with van der Waals surface area (Å²) in [5.74, 6) is -2.49. The van der Waals surface area contributed by atoms with E-state index >= 15 is 0 Å². The van der Waals surface area contributed by atoms with Crippen LogP contribution >= 0.6 is 11.6 Å². The molecule has 1 saturated heterocycles. The van der Waals surface area contributed by atoms with Gasteiger partial charge in [-0.2, -0.15) is 0 Å². The number of hydrogen-bond donors (Lipinski definition) is 0. The third kappa shape index (κ3) is 4.32. The van der Waals surface area contributed by atoms with Gasteiger partial charge in [-0.1, -0.05) is 11.6 Å². The maximum Gasteiger partial charge on any atom is 0.255 e. The Hall–Kier alpha value is -2.05. The van der Waals surface area contributed by atoms with Gasteiger partial charge in [0.2, 0.25) is 0 Å². The maximum atomic E-state index is 13.5. The highest BCUT2D eigenvalue weighted by Gasteiger charge is 2.23. The van der Waals surface area contributed by atoms with E-state index in [-0.39, 0.29) is 16.5 Å². The van der Waals surface area contributed by atoms with Crippen LogP contribution in [-0.4, -0.2) is 46.9 Å². The average Bonchev–Trinajstić information content (AvgIpc) is 2.84. The topological polar surface area (TPSA) is 36.4 Å². The van der Waals surface area contributed by atoms with Crippen LogP contribution in [-0.2, 0) is 6.54 Å². The van der Waals surface area contributed by atoms with Crippen molar-refractivity contribution in [3.05, 3.63) is 64.4 Å². The highest BCUT2D eigenvalue weighted by Crippen LogP contribution is 2.22. The number of halogens is 3. The lowest BCUT2D eigenvalue weighted by Gasteiger charge is -2.22. The minimum absolute atomic E-state index is 0.00292. The Kier molecular flexibility index (Phi) is 5.60. The average molecular weight is 366 g/mol. The standard InChI is InChI=1S/C18H18ClF2N3O/c19-15-11-17(21)16(20)10-14(15)18(25)24-7-1-6-23(8-9-24)12-13-2-4-22-5-3-13/h2-5,10-11H,1,6-9,12H2. The van der Waals surface area contributed by atoms with Crippen LogP contribution in [0.2, 0.25) is 5.02 Å². The SMILES string of the molecule is O=C(c1cc(F)c(F)cc1Cl)N1CCCN(Cc2ccncc2)CC1. The second-order valence-electron chi connectivity index (χ2n) is 6.02. The van der Waals surface area contributed by atoms with E-state index in [4.69, 9.17) is 11.6 Å². The van der Waals surface area contributed by atoms with E-state index in [0.717, 1.165) is 31.6 Å². The molecular weight excluding hydrogens is 348 g/mol. The van der Waals surface area contributed by atoms with Gasteiger partial charge in [0.1, 0.15) is 0 Å². The minimum atomic E-state index is -1.07. The first-order chi connectivity index (χ1) is 12.0. The molecule has 2 aromatic rings. The van der Waals surface area contributed by atoms with Crippen LogP contribution in [0.15, 0.2) is 36.7 Å². The highest BCUT2D eigenvalue weighted by atomic mass is 35.5. The molecule has 7 heteroatoms. The first-order valence-electron chi connectivity index (χ1n) is 8.09. The fourth-order valence-corrected chi connectivity index (χ4v) is 3.17. The van der Waals surface area contributed by atoms with Gasteiger partial charge in [0.05, 0.1) is 10.6 Å². The van der Waals surface area contributed by atoms with Crippen LogP contribution in [0.4, 0.5) is 8.78 Å². The molecule has 0 spiro atoms. The molecule has 1 aromatic carbocycles. The number of amides is 1. The summed E-state index contributed by atoms with van der Waals surface area (Å²) in [4.78, 5) is 20.5. The van der Waals surface area contributed by atoms with E-state index in [0.29, 0.717) is 19.6 Å². The molecule has 0 unspecified atom stereocenters. The highest BCUT2D eigenvalue weighted by molar-refractivity contribution is 6.33. The van der Waals surface area contributed by atoms with Gasteiger partial charge in [-0.25, -0.2) is 8.78 Å². The molecule has 1 amide bonds. The number of rotatable bonds is 3. The van der Waals surface area contributed by atoms with E-state index in [1.807, 2.05) is 12.1 Å². The summed E-state index contributed by atoms with van der Waals surface area (Å²) < 4.78 is 26.6. The smallest absolute Gasteiger partial charge is 0.255 e. The van der Waals surface area contributed by atoms with E-state index < -0.39 is 11.6 Å². The summed E-state index contributed by atoms with van der Waals surface area (Å²) in [7, 11) is 0. The van der Waals surface area contributed by atoms with Crippen molar-refractivity contribution in [2.24, 2.45) is 0 Å². The van der Waals surface area contributed by atoms with Gasteiger partial charge < -0.3 is 4.90 Å². The number of nitrogens with zero attached hydrogens (tertiary/aromatic N) is 3. The first kappa shape index (κ1) is 17.8. The molecule has 0 bridgehead atoms. The molecular formula is C18H18ClF2N3O. The Morgan fingerprint density at radius 2 is 1.80 bits per heavy atom. The predicted octanol–water partition coefficient (Wildman–Crippen LogP) is 3.36. The van der Waals surface area contributed by atoms with Crippen LogP contribution in [0.25, 0.3) is 0 Å². The summed E-state index contributed by atoms with van der Waals surface area (Å²) in [6.45, 7) is 3.42. The number of hydrogen-bond acceptors (Lipinski definition) is 3. The summed E-state index contributed by atoms with van der Waals surface area (Å²) >= 11 is 5.92. The number of carbonyl (C=O) groups excluding carboxylic acids is 1. The minimum Gasteiger partial charge on any atom is -0.337 e. The molecule has 25 heavy (non-hydrogen) atoms. The zero-order valence-electron chi connectivity index (χ0n) is 13.6. The van der Waals surface area contributed by atoms with Crippen LogP contribution in [0.5, 0.6) is 0 Å². The van der Waals surface area contributed by atoms with Gasteiger partial charge >= 0.3 is 0 Å². The zero-order valence-corrected chi connectivity index (χ0v) is 14.3. The molecule has 1 aliphatic rings. The monoisotopic (exact) mass is 365 g/mol. The van der Waals surface area contributed by atoms with Gasteiger partial charge in [0.15, 0.2) is 11.6 Å². The molecule has 132 valence electrons. The Morgan fingerprint density at radius 1 is 1.08 bits per heavy atom. The molecule has 0 radical (unpaired) electrons. The molecule has 1 aromatic heterocycles. The van der Waals surface area contributed by atoms with Crippen molar-refractivity contribution >= 4 is 17.5 Å². The number of benzene rings is 1. The zero-order chi connectivity index (χ0) is 17.8. The van der Waals surface area contributed by atoms with Crippen molar-refractivity contribution in [3.8, 4) is 0 Å². The van der Waals surface area contributed by atoms with E-state index in [9.17, 15) is 13.6 Å². The number of pyridine rings is 1. The fourth-order valence-electron chi connectivity index (χ4n) is 2.94. The van der Waals surface area contributed by atoms with Gasteiger partial charge in [-0.05, 0) is 36.2 Å². The Bertz CT molecular complexity index is 757. The molecule has 0 N–H and O–H groups in total. The van der Waals surface area contributed by atoms with Crippen molar-refractivity contribution in [1.29, 1.82) is 0 Å². The summed E-state index contributed by atoms with van der Waals surface area (Å²) in [6, 6.07) is 5.65. The Labute approximate surface area is 150 Å². The van der Waals surface area contributed by atoms with Crippen molar-refractivity contribution in [2.75, 3.05) is 26.2 Å². The predicted molar refractivity (Wildman–Crippen MR) is 91.4 cm³/mol. The number of carbonyl (C=O) groups is 1. The Balaban J connectivity index is 1.66. The van der Waals surface area contributed by atoms with Crippen molar-refractivity contribution in [1.82, 2.24) is 14.8 Å². The van der Waals surface area contributed by atoms with E-state index in [1.165, 1.54) is 5.56 Å². The van der Waals surface area contributed by atoms with Crippen molar-refractivity contribution in [3.63, 3.8) is 0 Å². The van der Waals surface area contributed by atoms with Crippen molar-refractivity contribution < 1.29 is 13.6 Å². The quantitative estimate of drug-likeness (QED) is 0.782. The molecule has 1 aliphatic heterocycles. The molecule has 0 atom stereocenters. The van der Waals surface area contributed by atoms with Crippen molar-refractivity contribution in [2.45, 2.75) is 13.0 Å². The van der Waals surface area contributed by atoms with Crippen LogP contribution < -0.4 is 0 Å². The third-order valence-corrected chi connectivity index (χ3v) is 4.58. The normalized spacial score (nSPS) is 15.9. The maximum absolute atomic E-state index is 13.5.